The number of nitrogens with zero attached hydrogens (tertiary/aromatic N) is 1. The second kappa shape index (κ2) is 8.47. The third-order valence-corrected chi connectivity index (χ3v) is 5.97. The predicted molar refractivity (Wildman–Crippen MR) is 103 cm³/mol. The fourth-order valence-electron chi connectivity index (χ4n) is 2.58. The van der Waals surface area contributed by atoms with Crippen LogP contribution in [0.1, 0.15) is 28.7 Å². The van der Waals surface area contributed by atoms with E-state index in [1.54, 1.807) is 30.1 Å². The summed E-state index contributed by atoms with van der Waals surface area (Å²) in [5, 5.41) is 0. The number of benzene rings is 2. The van der Waals surface area contributed by atoms with E-state index < -0.39 is 10.0 Å². The Labute approximate surface area is 156 Å². The summed E-state index contributed by atoms with van der Waals surface area (Å²) in [6, 6.07) is 12.9. The average Bonchev–Trinajstić information content (AvgIpc) is 2.59. The number of hydrogen-bond acceptors (Lipinski definition) is 3. The highest BCUT2D eigenvalue weighted by atomic mass is 32.2. The number of carbonyl (C=O) groups is 1. The molecule has 0 aliphatic rings. The summed E-state index contributed by atoms with van der Waals surface area (Å²) in [6.45, 7) is 6.40. The van der Waals surface area contributed by atoms with Crippen LogP contribution < -0.4 is 4.72 Å². The lowest BCUT2D eigenvalue weighted by atomic mass is 10.1. The van der Waals surface area contributed by atoms with Gasteiger partial charge in [0.25, 0.3) is 0 Å². The number of nitrogens with one attached hydrogen (secondary N) is 1. The summed E-state index contributed by atoms with van der Waals surface area (Å²) in [5.41, 5.74) is 4.17. The molecular weight excluding hydrogens is 348 g/mol. The summed E-state index contributed by atoms with van der Waals surface area (Å²) in [4.78, 5) is 14.1. The molecular formula is C20H26N2O3S. The van der Waals surface area contributed by atoms with E-state index in [2.05, 4.69) is 4.72 Å². The fourth-order valence-corrected chi connectivity index (χ4v) is 3.70. The number of carbonyl (C=O) groups excluding carboxylic acids is 1. The van der Waals surface area contributed by atoms with E-state index in [1.165, 1.54) is 0 Å². The van der Waals surface area contributed by atoms with Crippen molar-refractivity contribution in [2.24, 2.45) is 0 Å². The van der Waals surface area contributed by atoms with Gasteiger partial charge in [-0.15, -0.1) is 0 Å². The van der Waals surface area contributed by atoms with Gasteiger partial charge in [-0.1, -0.05) is 30.3 Å². The molecule has 5 nitrogen and oxygen atoms in total. The van der Waals surface area contributed by atoms with Gasteiger partial charge in [0.05, 0.1) is 4.90 Å². The Kier molecular flexibility index (Phi) is 6.56. The first kappa shape index (κ1) is 20.1. The Balaban J connectivity index is 1.90. The summed E-state index contributed by atoms with van der Waals surface area (Å²) in [5.74, 6) is -0.101. The Morgan fingerprint density at radius 3 is 2.35 bits per heavy atom. The number of rotatable bonds is 7. The van der Waals surface area contributed by atoms with Crippen LogP contribution in [0.15, 0.2) is 47.4 Å². The van der Waals surface area contributed by atoms with Crippen LogP contribution in [0.2, 0.25) is 0 Å². The highest BCUT2D eigenvalue weighted by Gasteiger charge is 2.16. The molecule has 0 atom stereocenters. The Morgan fingerprint density at radius 2 is 1.69 bits per heavy atom. The average molecular weight is 375 g/mol. The van der Waals surface area contributed by atoms with Gasteiger partial charge in [-0.2, -0.15) is 0 Å². The van der Waals surface area contributed by atoms with E-state index in [0.717, 1.165) is 22.3 Å². The zero-order chi connectivity index (χ0) is 19.3. The van der Waals surface area contributed by atoms with E-state index in [0.29, 0.717) is 6.54 Å². The van der Waals surface area contributed by atoms with Crippen molar-refractivity contribution in [1.29, 1.82) is 0 Å². The summed E-state index contributed by atoms with van der Waals surface area (Å²) in [7, 11) is -1.88. The van der Waals surface area contributed by atoms with Gasteiger partial charge in [0.1, 0.15) is 0 Å². The minimum atomic E-state index is -3.61. The van der Waals surface area contributed by atoms with Gasteiger partial charge in [0.2, 0.25) is 15.9 Å². The molecule has 0 bridgehead atoms. The van der Waals surface area contributed by atoms with Crippen LogP contribution in [0.4, 0.5) is 0 Å². The quantitative estimate of drug-likeness (QED) is 0.810. The van der Waals surface area contributed by atoms with E-state index in [1.807, 2.05) is 45.0 Å². The molecule has 26 heavy (non-hydrogen) atoms. The van der Waals surface area contributed by atoms with E-state index >= 15 is 0 Å². The molecule has 140 valence electrons. The van der Waals surface area contributed by atoms with Gasteiger partial charge < -0.3 is 4.90 Å². The van der Waals surface area contributed by atoms with Crippen LogP contribution in [0.5, 0.6) is 0 Å². The zero-order valence-corrected chi connectivity index (χ0v) is 16.6. The highest BCUT2D eigenvalue weighted by molar-refractivity contribution is 7.89. The van der Waals surface area contributed by atoms with Crippen molar-refractivity contribution in [1.82, 2.24) is 9.62 Å². The first-order chi connectivity index (χ1) is 12.2. The molecule has 0 aromatic heterocycles. The summed E-state index contributed by atoms with van der Waals surface area (Å²) < 4.78 is 27.2. The maximum absolute atomic E-state index is 12.3. The highest BCUT2D eigenvalue weighted by Crippen LogP contribution is 2.14. The first-order valence-electron chi connectivity index (χ1n) is 8.56. The van der Waals surface area contributed by atoms with E-state index in [9.17, 15) is 13.2 Å². The van der Waals surface area contributed by atoms with Crippen molar-refractivity contribution in [3.8, 4) is 0 Å². The minimum Gasteiger partial charge on any atom is -0.341 e. The number of amides is 1. The Hall–Kier alpha value is -2.18. The van der Waals surface area contributed by atoms with Crippen LogP contribution in [0, 0.1) is 20.8 Å². The second-order valence-electron chi connectivity index (χ2n) is 6.57. The minimum absolute atomic E-state index is 0.0756. The predicted octanol–water partition coefficient (Wildman–Crippen LogP) is 2.94. The normalized spacial score (nSPS) is 11.4. The molecule has 6 heteroatoms. The molecule has 0 aliphatic heterocycles. The molecule has 1 amide bonds. The molecule has 0 spiro atoms. The largest absolute Gasteiger partial charge is 0.341 e. The molecule has 1 N–H and O–H groups in total. The van der Waals surface area contributed by atoms with Crippen LogP contribution in [0.25, 0.3) is 0 Å². The van der Waals surface area contributed by atoms with Crippen molar-refractivity contribution >= 4 is 15.9 Å². The third kappa shape index (κ3) is 5.16. The fraction of sp³-hybridized carbons (Fsp3) is 0.350. The van der Waals surface area contributed by atoms with Gasteiger partial charge in [0.15, 0.2) is 0 Å². The number of hydrogen-bond donors (Lipinski definition) is 1. The van der Waals surface area contributed by atoms with Crippen molar-refractivity contribution in [3.63, 3.8) is 0 Å². The molecule has 0 heterocycles. The van der Waals surface area contributed by atoms with E-state index in [4.69, 9.17) is 0 Å². The lowest BCUT2D eigenvalue weighted by Gasteiger charge is -2.18. The van der Waals surface area contributed by atoms with Gasteiger partial charge in [-0.3, -0.25) is 4.79 Å². The van der Waals surface area contributed by atoms with Crippen LogP contribution in [-0.2, 0) is 21.4 Å². The van der Waals surface area contributed by atoms with Crippen LogP contribution in [-0.4, -0.2) is 32.8 Å². The smallest absolute Gasteiger partial charge is 0.240 e. The molecule has 0 saturated carbocycles. The van der Waals surface area contributed by atoms with Crippen molar-refractivity contribution in [3.05, 3.63) is 64.7 Å². The Bertz CT molecular complexity index is 892. The molecule has 0 saturated heterocycles. The van der Waals surface area contributed by atoms with Crippen LogP contribution in [0.3, 0.4) is 0 Å². The maximum atomic E-state index is 12.3. The second-order valence-corrected chi connectivity index (χ2v) is 8.34. The first-order valence-corrected chi connectivity index (χ1v) is 10.0. The van der Waals surface area contributed by atoms with Gasteiger partial charge in [-0.05, 0) is 55.2 Å². The van der Waals surface area contributed by atoms with Crippen molar-refractivity contribution < 1.29 is 13.2 Å². The standard InChI is InChI=1S/C20H26N2O3S/c1-15-9-10-19(13-17(15)3)26(24,25)21-12-11-20(23)22(4)14-18-8-6-5-7-16(18)2/h5-10,13,21H,11-12,14H2,1-4H3. The molecule has 0 fully saturated rings. The molecule has 0 aliphatic carbocycles. The number of aryl methyl sites for hydroxylation is 3. The molecule has 2 aromatic carbocycles. The lowest BCUT2D eigenvalue weighted by Crippen LogP contribution is -2.32. The monoisotopic (exact) mass is 374 g/mol. The molecule has 2 rings (SSSR count). The lowest BCUT2D eigenvalue weighted by molar-refractivity contribution is -0.130. The topological polar surface area (TPSA) is 66.5 Å². The molecule has 0 unspecified atom stereocenters. The maximum Gasteiger partial charge on any atom is 0.240 e. The van der Waals surface area contributed by atoms with Crippen LogP contribution >= 0.6 is 0 Å². The SMILES string of the molecule is Cc1ccc(S(=O)(=O)NCCC(=O)N(C)Cc2ccccc2C)cc1C. The van der Waals surface area contributed by atoms with Gasteiger partial charge in [-0.25, -0.2) is 13.1 Å². The summed E-state index contributed by atoms with van der Waals surface area (Å²) in [6.07, 6.45) is 0.118. The third-order valence-electron chi connectivity index (χ3n) is 4.51. The van der Waals surface area contributed by atoms with Crippen molar-refractivity contribution in [2.45, 2.75) is 38.6 Å². The molecule has 0 radical (unpaired) electrons. The summed E-state index contributed by atoms with van der Waals surface area (Å²) >= 11 is 0. The van der Waals surface area contributed by atoms with Gasteiger partial charge >= 0.3 is 0 Å². The Morgan fingerprint density at radius 1 is 1.00 bits per heavy atom. The van der Waals surface area contributed by atoms with Crippen molar-refractivity contribution in [2.75, 3.05) is 13.6 Å². The van der Waals surface area contributed by atoms with Gasteiger partial charge in [0, 0.05) is 26.6 Å². The zero-order valence-electron chi connectivity index (χ0n) is 15.7. The van der Waals surface area contributed by atoms with E-state index in [-0.39, 0.29) is 23.8 Å². The molecule has 2 aromatic rings. The number of sulfonamides is 1.